The van der Waals surface area contributed by atoms with E-state index in [1.807, 2.05) is 24.3 Å². The second kappa shape index (κ2) is 7.13. The van der Waals surface area contributed by atoms with Crippen LogP contribution < -0.4 is 10.5 Å². The summed E-state index contributed by atoms with van der Waals surface area (Å²) in [4.78, 5) is 2.47. The molecule has 1 heterocycles. The van der Waals surface area contributed by atoms with Gasteiger partial charge in [0.25, 0.3) is 0 Å². The minimum absolute atomic E-state index is 0.499. The molecule has 0 radical (unpaired) electrons. The molecular formula is C15H23ClN2O. The molecule has 1 aliphatic rings. The summed E-state index contributed by atoms with van der Waals surface area (Å²) in [7, 11) is 0. The van der Waals surface area contributed by atoms with Gasteiger partial charge in [0, 0.05) is 25.2 Å². The highest BCUT2D eigenvalue weighted by molar-refractivity contribution is 6.32. The van der Waals surface area contributed by atoms with Crippen molar-refractivity contribution < 1.29 is 4.74 Å². The van der Waals surface area contributed by atoms with E-state index in [-0.39, 0.29) is 0 Å². The first-order valence-electron chi connectivity index (χ1n) is 7.05. The fourth-order valence-corrected chi connectivity index (χ4v) is 3.01. The number of ether oxygens (including phenoxy) is 1. The van der Waals surface area contributed by atoms with Crippen molar-refractivity contribution in [1.29, 1.82) is 0 Å². The van der Waals surface area contributed by atoms with E-state index in [0.717, 1.165) is 18.8 Å². The summed E-state index contributed by atoms with van der Waals surface area (Å²) < 4.78 is 5.77. The predicted octanol–water partition coefficient (Wildman–Crippen LogP) is 2.92. The lowest BCUT2D eigenvalue weighted by atomic mass is 9.96. The maximum absolute atomic E-state index is 6.07. The van der Waals surface area contributed by atoms with E-state index in [1.165, 1.54) is 19.3 Å². The molecule has 0 amide bonds. The molecule has 19 heavy (non-hydrogen) atoms. The Morgan fingerprint density at radius 1 is 1.37 bits per heavy atom. The molecule has 106 valence electrons. The largest absolute Gasteiger partial charge is 0.491 e. The van der Waals surface area contributed by atoms with Crippen LogP contribution in [0.2, 0.25) is 5.02 Å². The van der Waals surface area contributed by atoms with Crippen molar-refractivity contribution in [2.45, 2.75) is 38.3 Å². The van der Waals surface area contributed by atoms with Crippen LogP contribution in [0.5, 0.6) is 5.75 Å². The molecule has 2 atom stereocenters. The van der Waals surface area contributed by atoms with E-state index in [0.29, 0.717) is 23.7 Å². The summed E-state index contributed by atoms with van der Waals surface area (Å²) in [5.74, 6) is 0.762. The number of piperidine rings is 1. The van der Waals surface area contributed by atoms with Gasteiger partial charge in [0.1, 0.15) is 12.4 Å². The number of halogens is 1. The van der Waals surface area contributed by atoms with E-state index < -0.39 is 0 Å². The maximum atomic E-state index is 6.07. The van der Waals surface area contributed by atoms with Gasteiger partial charge in [-0.3, -0.25) is 4.90 Å². The van der Waals surface area contributed by atoms with Gasteiger partial charge in [0.15, 0.2) is 0 Å². The molecule has 1 saturated heterocycles. The van der Waals surface area contributed by atoms with Gasteiger partial charge in [-0.25, -0.2) is 0 Å². The summed E-state index contributed by atoms with van der Waals surface area (Å²) in [5.41, 5.74) is 5.86. The van der Waals surface area contributed by atoms with Crippen molar-refractivity contribution in [3.05, 3.63) is 29.3 Å². The van der Waals surface area contributed by atoms with E-state index in [4.69, 9.17) is 22.1 Å². The molecule has 0 saturated carbocycles. The van der Waals surface area contributed by atoms with E-state index >= 15 is 0 Å². The van der Waals surface area contributed by atoms with Crippen molar-refractivity contribution >= 4 is 11.6 Å². The van der Waals surface area contributed by atoms with Crippen LogP contribution in [-0.2, 0) is 0 Å². The van der Waals surface area contributed by atoms with Crippen LogP contribution in [0, 0.1) is 0 Å². The van der Waals surface area contributed by atoms with Gasteiger partial charge in [-0.15, -0.1) is 0 Å². The van der Waals surface area contributed by atoms with Crippen LogP contribution in [0.15, 0.2) is 24.3 Å². The quantitative estimate of drug-likeness (QED) is 0.902. The molecule has 2 N–H and O–H groups in total. The number of hydrogen-bond donors (Lipinski definition) is 1. The van der Waals surface area contributed by atoms with E-state index in [2.05, 4.69) is 11.8 Å². The maximum Gasteiger partial charge on any atom is 0.137 e. The molecule has 1 aromatic rings. The van der Waals surface area contributed by atoms with Gasteiger partial charge in [-0.1, -0.05) is 30.2 Å². The minimum atomic E-state index is 0.499. The van der Waals surface area contributed by atoms with Gasteiger partial charge in [-0.05, 0) is 31.9 Å². The monoisotopic (exact) mass is 282 g/mol. The summed E-state index contributed by atoms with van der Waals surface area (Å²) in [6.07, 6.45) is 3.74. The average Bonchev–Trinajstić information content (AvgIpc) is 2.42. The lowest BCUT2D eigenvalue weighted by molar-refractivity contribution is 0.0799. The van der Waals surface area contributed by atoms with E-state index in [1.54, 1.807) is 0 Å². The van der Waals surface area contributed by atoms with Crippen molar-refractivity contribution in [2.24, 2.45) is 5.73 Å². The van der Waals surface area contributed by atoms with Gasteiger partial charge in [0.05, 0.1) is 5.02 Å². The number of hydrogen-bond acceptors (Lipinski definition) is 3. The Labute approximate surface area is 120 Å². The molecule has 0 aromatic heterocycles. The molecule has 0 spiro atoms. The molecule has 2 rings (SSSR count). The minimum Gasteiger partial charge on any atom is -0.491 e. The normalized spacial score (nSPS) is 24.4. The van der Waals surface area contributed by atoms with Crippen molar-refractivity contribution in [2.75, 3.05) is 19.7 Å². The summed E-state index contributed by atoms with van der Waals surface area (Å²) >= 11 is 6.07. The van der Waals surface area contributed by atoms with Crippen LogP contribution in [0.25, 0.3) is 0 Å². The number of nitrogens with two attached hydrogens (primary N) is 1. The SMILES string of the molecule is CC1CCCC(CN)N1CCOc1ccccc1Cl. The Bertz CT molecular complexity index is 399. The summed E-state index contributed by atoms with van der Waals surface area (Å²) in [6, 6.07) is 8.70. The summed E-state index contributed by atoms with van der Waals surface area (Å²) in [6.45, 7) is 4.58. The molecule has 1 aliphatic heterocycles. The number of likely N-dealkylation sites (tertiary alicyclic amines) is 1. The molecule has 1 fully saturated rings. The highest BCUT2D eigenvalue weighted by Gasteiger charge is 2.26. The number of para-hydroxylation sites is 1. The Morgan fingerprint density at radius 3 is 2.89 bits per heavy atom. The zero-order chi connectivity index (χ0) is 13.7. The first-order valence-corrected chi connectivity index (χ1v) is 7.43. The fraction of sp³-hybridized carbons (Fsp3) is 0.600. The Hall–Kier alpha value is -0.770. The average molecular weight is 283 g/mol. The highest BCUT2D eigenvalue weighted by Crippen LogP contribution is 2.24. The van der Waals surface area contributed by atoms with Gasteiger partial charge in [0.2, 0.25) is 0 Å². The lowest BCUT2D eigenvalue weighted by Gasteiger charge is -2.40. The second-order valence-electron chi connectivity index (χ2n) is 5.19. The Balaban J connectivity index is 1.85. The van der Waals surface area contributed by atoms with Crippen LogP contribution in [0.4, 0.5) is 0 Å². The summed E-state index contributed by atoms with van der Waals surface area (Å²) in [5, 5.41) is 0.671. The molecule has 2 unspecified atom stereocenters. The molecule has 4 heteroatoms. The van der Waals surface area contributed by atoms with Gasteiger partial charge < -0.3 is 10.5 Å². The van der Waals surface area contributed by atoms with Crippen LogP contribution >= 0.6 is 11.6 Å². The second-order valence-corrected chi connectivity index (χ2v) is 5.59. The topological polar surface area (TPSA) is 38.5 Å². The molecule has 0 aliphatic carbocycles. The molecule has 1 aromatic carbocycles. The van der Waals surface area contributed by atoms with Crippen LogP contribution in [0.1, 0.15) is 26.2 Å². The van der Waals surface area contributed by atoms with Gasteiger partial charge in [-0.2, -0.15) is 0 Å². The first kappa shape index (κ1) is 14.6. The van der Waals surface area contributed by atoms with E-state index in [9.17, 15) is 0 Å². The Kier molecular flexibility index (Phi) is 5.49. The highest BCUT2D eigenvalue weighted by atomic mass is 35.5. The zero-order valence-corrected chi connectivity index (χ0v) is 12.3. The third-order valence-electron chi connectivity index (χ3n) is 3.91. The van der Waals surface area contributed by atoms with Crippen molar-refractivity contribution in [1.82, 2.24) is 4.90 Å². The number of benzene rings is 1. The van der Waals surface area contributed by atoms with Crippen LogP contribution in [0.3, 0.4) is 0 Å². The van der Waals surface area contributed by atoms with Gasteiger partial charge >= 0.3 is 0 Å². The molecule has 0 bridgehead atoms. The van der Waals surface area contributed by atoms with Crippen LogP contribution in [-0.4, -0.2) is 36.7 Å². The number of nitrogens with zero attached hydrogens (tertiary/aromatic N) is 1. The van der Waals surface area contributed by atoms with Crippen molar-refractivity contribution in [3.8, 4) is 5.75 Å². The molecular weight excluding hydrogens is 260 g/mol. The van der Waals surface area contributed by atoms with Crippen molar-refractivity contribution in [3.63, 3.8) is 0 Å². The standard InChI is InChI=1S/C15H23ClN2O/c1-12-5-4-6-13(11-17)18(12)9-10-19-15-8-3-2-7-14(15)16/h2-3,7-8,12-13H,4-6,9-11,17H2,1H3. The third kappa shape index (κ3) is 3.85. The number of rotatable bonds is 5. The lowest BCUT2D eigenvalue weighted by Crippen LogP contribution is -2.50. The predicted molar refractivity (Wildman–Crippen MR) is 79.8 cm³/mol. The smallest absolute Gasteiger partial charge is 0.137 e. The zero-order valence-electron chi connectivity index (χ0n) is 11.5. The molecule has 3 nitrogen and oxygen atoms in total. The Morgan fingerprint density at radius 2 is 2.16 bits per heavy atom. The fourth-order valence-electron chi connectivity index (χ4n) is 2.82. The first-order chi connectivity index (χ1) is 9.22. The third-order valence-corrected chi connectivity index (χ3v) is 4.22.